The van der Waals surface area contributed by atoms with Crippen molar-refractivity contribution in [2.75, 3.05) is 6.61 Å². The fourth-order valence-electron chi connectivity index (χ4n) is 4.77. The second kappa shape index (κ2) is 12.0. The summed E-state index contributed by atoms with van der Waals surface area (Å²) in [5.41, 5.74) is 0.0879. The van der Waals surface area contributed by atoms with E-state index in [0.717, 1.165) is 18.3 Å². The first-order valence-electron chi connectivity index (χ1n) is 13.4. The van der Waals surface area contributed by atoms with Gasteiger partial charge in [0.2, 0.25) is 5.82 Å². The molecular formula is C30H22F4N6O4. The summed E-state index contributed by atoms with van der Waals surface area (Å²) < 4.78 is 72.8. The lowest BCUT2D eigenvalue weighted by molar-refractivity contribution is -0.0590. The minimum absolute atomic E-state index is 0.0120. The van der Waals surface area contributed by atoms with Crippen molar-refractivity contribution in [3.05, 3.63) is 100 Å². The molecule has 10 nitrogen and oxygen atoms in total. The molecule has 0 spiro atoms. The highest BCUT2D eigenvalue weighted by molar-refractivity contribution is 5.78. The van der Waals surface area contributed by atoms with Crippen LogP contribution in [0.15, 0.2) is 48.8 Å². The van der Waals surface area contributed by atoms with E-state index in [-0.39, 0.29) is 65.0 Å². The van der Waals surface area contributed by atoms with Crippen LogP contribution in [-0.2, 0) is 24.3 Å². The van der Waals surface area contributed by atoms with Crippen LogP contribution in [0.2, 0.25) is 0 Å². The van der Waals surface area contributed by atoms with E-state index in [0.29, 0.717) is 24.3 Å². The van der Waals surface area contributed by atoms with Gasteiger partial charge in [-0.2, -0.15) is 14.6 Å². The Morgan fingerprint density at radius 3 is 2.52 bits per heavy atom. The minimum Gasteiger partial charge on any atom is -0.469 e. The van der Waals surface area contributed by atoms with Gasteiger partial charge in [-0.25, -0.2) is 23.1 Å². The number of pyridine rings is 1. The molecule has 0 aliphatic carbocycles. The minimum atomic E-state index is -2.06. The molecule has 6 rings (SSSR count). The highest BCUT2D eigenvalue weighted by Gasteiger charge is 2.26. The third kappa shape index (κ3) is 5.68. The van der Waals surface area contributed by atoms with Crippen LogP contribution in [0.1, 0.15) is 40.9 Å². The summed E-state index contributed by atoms with van der Waals surface area (Å²) in [5.74, 6) is -4.21. The quantitative estimate of drug-likeness (QED) is 0.186. The monoisotopic (exact) mass is 606 g/mol. The molecule has 1 saturated heterocycles. The Morgan fingerprint density at radius 2 is 1.84 bits per heavy atom. The average Bonchev–Trinajstić information content (AvgIpc) is 3.34. The maximum absolute atomic E-state index is 15.4. The second-order valence-electron chi connectivity index (χ2n) is 10.0. The zero-order chi connectivity index (χ0) is 31.0. The summed E-state index contributed by atoms with van der Waals surface area (Å²) in [4.78, 5) is 16.2. The number of nitrogens with zero attached hydrogens (tertiary/aromatic N) is 6. The Balaban J connectivity index is 1.29. The first-order chi connectivity index (χ1) is 21.2. The predicted octanol–water partition coefficient (Wildman–Crippen LogP) is 4.26. The van der Waals surface area contributed by atoms with Gasteiger partial charge >= 0.3 is 0 Å². The summed E-state index contributed by atoms with van der Waals surface area (Å²) in [5, 5.41) is 28.0. The summed E-state index contributed by atoms with van der Waals surface area (Å²) in [7, 11) is 0. The number of ether oxygens (including phenoxy) is 2. The summed E-state index contributed by atoms with van der Waals surface area (Å²) in [6.07, 6.45) is 0.246. The maximum Gasteiger partial charge on any atom is 0.254 e. The molecule has 0 amide bonds. The molecule has 2 aromatic carbocycles. The number of benzene rings is 2. The summed E-state index contributed by atoms with van der Waals surface area (Å²) >= 11 is 0. The molecule has 0 bridgehead atoms. The first-order valence-corrected chi connectivity index (χ1v) is 13.4. The van der Waals surface area contributed by atoms with Gasteiger partial charge in [0.25, 0.3) is 5.88 Å². The van der Waals surface area contributed by atoms with E-state index in [2.05, 4.69) is 19.9 Å². The maximum atomic E-state index is 15.4. The van der Waals surface area contributed by atoms with Gasteiger partial charge in [0.1, 0.15) is 35.7 Å². The van der Waals surface area contributed by atoms with Gasteiger partial charge in [0.15, 0.2) is 17.9 Å². The average molecular weight is 607 g/mol. The molecule has 3 aromatic heterocycles. The van der Waals surface area contributed by atoms with Gasteiger partial charge in [0, 0.05) is 24.8 Å². The van der Waals surface area contributed by atoms with Crippen LogP contribution in [-0.4, -0.2) is 47.4 Å². The molecule has 1 fully saturated rings. The van der Waals surface area contributed by atoms with E-state index in [1.54, 1.807) is 0 Å². The van der Waals surface area contributed by atoms with Crippen LogP contribution in [0.3, 0.4) is 0 Å². The smallest absolute Gasteiger partial charge is 0.254 e. The summed E-state index contributed by atoms with van der Waals surface area (Å²) in [6.45, 7) is 0.489. The van der Waals surface area contributed by atoms with Crippen molar-refractivity contribution in [1.29, 1.82) is 5.26 Å². The molecule has 1 aliphatic rings. The van der Waals surface area contributed by atoms with Crippen molar-refractivity contribution in [2.24, 2.45) is 0 Å². The molecular weight excluding hydrogens is 584 g/mol. The lowest BCUT2D eigenvalue weighted by Crippen LogP contribution is -2.32. The van der Waals surface area contributed by atoms with Gasteiger partial charge in [-0.05, 0) is 48.4 Å². The topological polar surface area (TPSA) is 139 Å². The lowest BCUT2D eigenvalue weighted by atomic mass is 10.1. The molecule has 1 atom stereocenters. The molecule has 0 radical (unpaired) electrons. The number of imidazole rings is 1. The lowest BCUT2D eigenvalue weighted by Gasteiger charge is -2.27. The van der Waals surface area contributed by atoms with Crippen LogP contribution in [0.25, 0.3) is 22.4 Å². The van der Waals surface area contributed by atoms with Crippen LogP contribution in [0, 0.1) is 34.6 Å². The fraction of sp³-hybridized carbons (Fsp3) is 0.233. The predicted molar refractivity (Wildman–Crippen MR) is 145 cm³/mol. The Bertz CT molecular complexity index is 1910. The second-order valence-corrected chi connectivity index (χ2v) is 10.0. The number of aliphatic hydroxyl groups is 2. The highest BCUT2D eigenvalue weighted by atomic mass is 19.1. The van der Waals surface area contributed by atoms with Crippen molar-refractivity contribution in [2.45, 2.75) is 38.4 Å². The van der Waals surface area contributed by atoms with Crippen LogP contribution in [0.4, 0.5) is 17.6 Å². The van der Waals surface area contributed by atoms with Gasteiger partial charge in [0.05, 0.1) is 41.2 Å². The molecule has 0 saturated carbocycles. The number of hydrogen-bond acceptors (Lipinski definition) is 9. The van der Waals surface area contributed by atoms with Crippen LogP contribution < -0.4 is 4.74 Å². The van der Waals surface area contributed by atoms with E-state index in [9.17, 15) is 14.6 Å². The fourth-order valence-corrected chi connectivity index (χ4v) is 4.77. The zero-order valence-corrected chi connectivity index (χ0v) is 22.7. The van der Waals surface area contributed by atoms with Gasteiger partial charge in [-0.3, -0.25) is 4.98 Å². The normalized spacial score (nSPS) is 14.5. The molecule has 44 heavy (non-hydrogen) atoms. The number of fused-ring (bicyclic) bond motifs is 1. The Hall–Kier alpha value is -4.97. The van der Waals surface area contributed by atoms with Crippen molar-refractivity contribution in [1.82, 2.24) is 24.5 Å². The molecule has 5 aromatic rings. The van der Waals surface area contributed by atoms with Crippen molar-refractivity contribution in [3.8, 4) is 23.3 Å². The molecule has 1 aliphatic heterocycles. The highest BCUT2D eigenvalue weighted by Crippen LogP contribution is 2.31. The molecule has 0 unspecified atom stereocenters. The zero-order valence-electron chi connectivity index (χ0n) is 22.7. The van der Waals surface area contributed by atoms with E-state index in [1.807, 2.05) is 6.07 Å². The molecule has 224 valence electrons. The number of nitriles is 1. The van der Waals surface area contributed by atoms with E-state index in [4.69, 9.17) is 14.7 Å². The molecule has 4 heterocycles. The van der Waals surface area contributed by atoms with Crippen molar-refractivity contribution in [3.63, 3.8) is 0 Å². The third-order valence-electron chi connectivity index (χ3n) is 7.16. The molecule has 2 N–H and O–H groups in total. The van der Waals surface area contributed by atoms with Gasteiger partial charge < -0.3 is 24.3 Å². The van der Waals surface area contributed by atoms with E-state index in [1.165, 1.54) is 35.0 Å². The van der Waals surface area contributed by atoms with Crippen molar-refractivity contribution < 1.29 is 37.2 Å². The van der Waals surface area contributed by atoms with Gasteiger partial charge in [-0.15, -0.1) is 0 Å². The number of rotatable bonds is 9. The van der Waals surface area contributed by atoms with E-state index < -0.39 is 35.4 Å². The number of hydrogen-bond donors (Lipinski definition) is 2. The van der Waals surface area contributed by atoms with Gasteiger partial charge in [-0.1, -0.05) is 0 Å². The number of aliphatic hydroxyl groups excluding tert-OH is 1. The Labute approximate surface area is 246 Å². The third-order valence-corrected chi connectivity index (χ3v) is 7.16. The number of halogens is 4. The number of aromatic nitrogens is 5. The van der Waals surface area contributed by atoms with E-state index >= 15 is 13.2 Å². The Kier molecular flexibility index (Phi) is 7.92. The summed E-state index contributed by atoms with van der Waals surface area (Å²) in [6, 6.07) is 9.36. The standard InChI is InChI=1S/C30H22F4N6O4/c31-21-9-20(28-37-12-23(33)29(39-28)44-14-17-2-1-15(10-35)11-36-17)22(32)7-16(21)8-25-38-24-4-3-19(30(41)42)26(34)27(24)40(25)13-18-5-6-43-18/h1-4,7,9,11-12,18,30,41-42H,5-6,8,13-14H2/t18-/m0/s1. The largest absolute Gasteiger partial charge is 0.469 e. The van der Waals surface area contributed by atoms with Crippen molar-refractivity contribution >= 4 is 11.0 Å². The molecule has 14 heteroatoms. The van der Waals surface area contributed by atoms with Crippen LogP contribution >= 0.6 is 0 Å². The SMILES string of the molecule is N#Cc1ccc(COc2nc(-c3cc(F)c(Cc4nc5ccc(C(O)O)c(F)c5n4C[C@@H]4CCO4)cc3F)ncc2F)nc1. The van der Waals surface area contributed by atoms with Crippen LogP contribution in [0.5, 0.6) is 5.88 Å². The first kappa shape index (κ1) is 29.1. The Morgan fingerprint density at radius 1 is 1.02 bits per heavy atom.